The number of hydrogen-bond acceptors (Lipinski definition) is 5. The molecule has 0 bridgehead atoms. The number of carbonyl (C=O) groups is 1. The average Bonchev–Trinajstić information content (AvgIpc) is 2.81. The number of carboxylic acid groups (broad SMARTS) is 1. The van der Waals surface area contributed by atoms with Crippen molar-refractivity contribution in [3.63, 3.8) is 0 Å². The molecule has 120 valence electrons. The van der Waals surface area contributed by atoms with E-state index in [2.05, 4.69) is 15.3 Å². The third kappa shape index (κ3) is 10.2. The van der Waals surface area contributed by atoms with Gasteiger partial charge in [0.25, 0.3) is 0 Å². The predicted octanol–water partition coefficient (Wildman–Crippen LogP) is -1.25. The number of guanidine groups is 2. The summed E-state index contributed by atoms with van der Waals surface area (Å²) in [5.74, 6) is -1.11. The quantitative estimate of drug-likeness (QED) is 0.268. The van der Waals surface area contributed by atoms with E-state index in [4.69, 9.17) is 27.4 Å². The van der Waals surface area contributed by atoms with Crippen molar-refractivity contribution in [2.75, 3.05) is 14.1 Å². The third-order valence-corrected chi connectivity index (χ3v) is 2.00. The van der Waals surface area contributed by atoms with Crippen LogP contribution >= 0.6 is 12.4 Å². The zero-order valence-corrected chi connectivity index (χ0v) is 12.6. The van der Waals surface area contributed by atoms with Crippen molar-refractivity contribution in [3.05, 3.63) is 18.2 Å². The van der Waals surface area contributed by atoms with Gasteiger partial charge in [0.05, 0.1) is 12.0 Å². The summed E-state index contributed by atoms with van der Waals surface area (Å²) in [4.78, 5) is 18.3. The lowest BCUT2D eigenvalue weighted by molar-refractivity contribution is -0.138. The smallest absolute Gasteiger partial charge is 0.320 e. The van der Waals surface area contributed by atoms with Crippen molar-refractivity contribution in [2.24, 2.45) is 11.5 Å². The number of aliphatic carboxylic acids is 1. The molecule has 1 aromatic heterocycles. The molecule has 0 aromatic carbocycles. The molecule has 1 heterocycles. The molecule has 0 amide bonds. The van der Waals surface area contributed by atoms with Gasteiger partial charge in [0.2, 0.25) is 0 Å². The Morgan fingerprint density at radius 1 is 1.57 bits per heavy atom. The second-order valence-corrected chi connectivity index (χ2v) is 3.99. The lowest BCUT2D eigenvalue weighted by Gasteiger charge is -2.13. The molecule has 0 spiro atoms. The van der Waals surface area contributed by atoms with Gasteiger partial charge in [-0.1, -0.05) is 0 Å². The number of rotatable bonds is 3. The molecule has 1 atom stereocenters. The van der Waals surface area contributed by atoms with Gasteiger partial charge in [0.15, 0.2) is 11.9 Å². The summed E-state index contributed by atoms with van der Waals surface area (Å²) >= 11 is 0. The van der Waals surface area contributed by atoms with Crippen molar-refractivity contribution < 1.29 is 9.90 Å². The zero-order chi connectivity index (χ0) is 15.7. The fraction of sp³-hybridized carbons (Fsp3) is 0.400. The SMILES string of the molecule is CN(C)C(=N)NC(=N)N.Cl.NC(Cc1c[nH]cn1)C(=O)O. The van der Waals surface area contributed by atoms with Gasteiger partial charge in [-0.3, -0.25) is 20.9 Å². The molecule has 21 heavy (non-hydrogen) atoms. The van der Waals surface area contributed by atoms with Crippen LogP contribution in [-0.2, 0) is 11.2 Å². The minimum atomic E-state index is -1.01. The summed E-state index contributed by atoms with van der Waals surface area (Å²) in [6.45, 7) is 0. The number of aromatic amines is 1. The van der Waals surface area contributed by atoms with E-state index < -0.39 is 12.0 Å². The minimum absolute atomic E-state index is 0. The first-order chi connectivity index (χ1) is 9.23. The molecule has 0 aliphatic rings. The first-order valence-electron chi connectivity index (χ1n) is 5.57. The third-order valence-electron chi connectivity index (χ3n) is 2.00. The van der Waals surface area contributed by atoms with E-state index in [-0.39, 0.29) is 30.7 Å². The molecule has 0 saturated heterocycles. The number of imidazole rings is 1. The molecule has 0 saturated carbocycles. The average molecular weight is 321 g/mol. The van der Waals surface area contributed by atoms with Crippen LogP contribution in [0.2, 0.25) is 0 Å². The van der Waals surface area contributed by atoms with Crippen molar-refractivity contribution in [2.45, 2.75) is 12.5 Å². The highest BCUT2D eigenvalue weighted by Crippen LogP contribution is 1.95. The second-order valence-electron chi connectivity index (χ2n) is 3.99. The monoisotopic (exact) mass is 320 g/mol. The van der Waals surface area contributed by atoms with Crippen molar-refractivity contribution >= 4 is 30.3 Å². The molecule has 9 N–H and O–H groups in total. The Morgan fingerprint density at radius 2 is 2.14 bits per heavy atom. The Kier molecular flexibility index (Phi) is 10.4. The van der Waals surface area contributed by atoms with E-state index in [1.54, 1.807) is 20.3 Å². The molecule has 0 fully saturated rings. The molecular weight excluding hydrogens is 300 g/mol. The largest absolute Gasteiger partial charge is 0.480 e. The van der Waals surface area contributed by atoms with Gasteiger partial charge in [-0.25, -0.2) is 4.98 Å². The van der Waals surface area contributed by atoms with Crippen LogP contribution in [0.25, 0.3) is 0 Å². The minimum Gasteiger partial charge on any atom is -0.480 e. The van der Waals surface area contributed by atoms with Gasteiger partial charge in [-0.2, -0.15) is 0 Å². The van der Waals surface area contributed by atoms with E-state index in [1.165, 1.54) is 11.2 Å². The van der Waals surface area contributed by atoms with E-state index >= 15 is 0 Å². The van der Waals surface area contributed by atoms with Gasteiger partial charge < -0.3 is 26.5 Å². The summed E-state index contributed by atoms with van der Waals surface area (Å²) in [6, 6.07) is -0.863. The number of hydrogen-bond donors (Lipinski definition) is 7. The van der Waals surface area contributed by atoms with Crippen molar-refractivity contribution in [3.8, 4) is 0 Å². The lowest BCUT2D eigenvalue weighted by atomic mass is 10.2. The van der Waals surface area contributed by atoms with Gasteiger partial charge in [-0.05, 0) is 0 Å². The maximum atomic E-state index is 10.3. The zero-order valence-electron chi connectivity index (χ0n) is 11.8. The number of H-pyrrole nitrogens is 1. The fourth-order valence-corrected chi connectivity index (χ4v) is 0.955. The van der Waals surface area contributed by atoms with Crippen LogP contribution in [0.5, 0.6) is 0 Å². The van der Waals surface area contributed by atoms with E-state index in [9.17, 15) is 4.79 Å². The Balaban J connectivity index is 0. The van der Waals surface area contributed by atoms with Gasteiger partial charge in [0.1, 0.15) is 6.04 Å². The molecule has 0 aliphatic carbocycles. The number of halogens is 1. The highest BCUT2D eigenvalue weighted by atomic mass is 35.5. The van der Waals surface area contributed by atoms with Gasteiger partial charge in [0, 0.05) is 26.7 Å². The highest BCUT2D eigenvalue weighted by Gasteiger charge is 2.12. The fourth-order valence-electron chi connectivity index (χ4n) is 0.955. The molecule has 1 unspecified atom stereocenters. The molecule has 10 nitrogen and oxygen atoms in total. The maximum Gasteiger partial charge on any atom is 0.320 e. The molecule has 1 rings (SSSR count). The number of carboxylic acids is 1. The summed E-state index contributed by atoms with van der Waals surface area (Å²) in [5, 5.41) is 24.5. The summed E-state index contributed by atoms with van der Waals surface area (Å²) in [5.41, 5.74) is 10.9. The highest BCUT2D eigenvalue weighted by molar-refractivity contribution is 5.94. The van der Waals surface area contributed by atoms with Crippen molar-refractivity contribution in [1.82, 2.24) is 20.2 Å². The lowest BCUT2D eigenvalue weighted by Crippen LogP contribution is -2.42. The van der Waals surface area contributed by atoms with Crippen LogP contribution in [0.1, 0.15) is 5.69 Å². The standard InChI is InChI=1S/C6H9N3O2.C4H11N5.ClH/c7-5(6(10)11)1-4-2-8-3-9-4;1-9(2)4(7)8-3(5)6;/h2-3,5H,1,7H2,(H,8,9)(H,10,11);1-2H3,(H5,5,6,7,8);1H. The summed E-state index contributed by atoms with van der Waals surface area (Å²) in [7, 11) is 3.39. The number of nitrogens with one attached hydrogen (secondary N) is 4. The van der Waals surface area contributed by atoms with Crippen LogP contribution in [0.15, 0.2) is 12.5 Å². The first kappa shape index (κ1) is 21.0. The molecule has 0 radical (unpaired) electrons. The van der Waals surface area contributed by atoms with Crippen LogP contribution in [0.4, 0.5) is 0 Å². The normalized spacial score (nSPS) is 10.2. The molecule has 0 aliphatic heterocycles. The van der Waals surface area contributed by atoms with Crippen LogP contribution in [0, 0.1) is 10.8 Å². The second kappa shape index (κ2) is 10.5. The van der Waals surface area contributed by atoms with E-state index in [0.717, 1.165) is 0 Å². The van der Waals surface area contributed by atoms with Crippen LogP contribution in [0.3, 0.4) is 0 Å². The van der Waals surface area contributed by atoms with Gasteiger partial charge in [-0.15, -0.1) is 12.4 Å². The maximum absolute atomic E-state index is 10.3. The molecule has 11 heteroatoms. The number of nitrogens with zero attached hydrogens (tertiary/aromatic N) is 2. The molecular formula is C10H21ClN8O2. The van der Waals surface area contributed by atoms with Crippen LogP contribution < -0.4 is 16.8 Å². The topological polar surface area (TPSA) is 181 Å². The summed E-state index contributed by atoms with van der Waals surface area (Å²) < 4.78 is 0. The van der Waals surface area contributed by atoms with E-state index in [1.807, 2.05) is 0 Å². The molecule has 1 aromatic rings. The van der Waals surface area contributed by atoms with Crippen molar-refractivity contribution in [1.29, 1.82) is 10.8 Å². The van der Waals surface area contributed by atoms with E-state index in [0.29, 0.717) is 5.69 Å². The Hall–Kier alpha value is -2.33. The Bertz CT molecular complexity index is 448. The van der Waals surface area contributed by atoms with Crippen LogP contribution in [-0.4, -0.2) is 58.0 Å². The Morgan fingerprint density at radius 3 is 2.43 bits per heavy atom. The predicted molar refractivity (Wildman–Crippen MR) is 81.6 cm³/mol. The number of aromatic nitrogens is 2. The number of nitrogens with two attached hydrogens (primary N) is 2. The van der Waals surface area contributed by atoms with Gasteiger partial charge >= 0.3 is 5.97 Å². The Labute approximate surface area is 128 Å². The first-order valence-corrected chi connectivity index (χ1v) is 5.57. The summed E-state index contributed by atoms with van der Waals surface area (Å²) in [6.07, 6.45) is 3.38.